The summed E-state index contributed by atoms with van der Waals surface area (Å²) in [5.41, 5.74) is 2.87. The minimum atomic E-state index is 0.259. The van der Waals surface area contributed by atoms with Crippen molar-refractivity contribution in [3.8, 4) is 0 Å². The van der Waals surface area contributed by atoms with Crippen molar-refractivity contribution in [3.05, 3.63) is 35.4 Å². The molecule has 1 aromatic rings. The average molecular weight is 236 g/mol. The van der Waals surface area contributed by atoms with Gasteiger partial charge in [0.05, 0.1) is 19.8 Å². The predicted octanol–water partition coefficient (Wildman–Crippen LogP) is 3.54. The molecule has 2 heteroatoms. The number of methoxy groups -OCH3 is 1. The van der Waals surface area contributed by atoms with Crippen molar-refractivity contribution in [3.63, 3.8) is 0 Å². The first-order valence-electron chi connectivity index (χ1n) is 6.26. The van der Waals surface area contributed by atoms with E-state index in [2.05, 4.69) is 45.0 Å². The van der Waals surface area contributed by atoms with E-state index in [-0.39, 0.29) is 5.41 Å². The molecule has 0 spiro atoms. The highest BCUT2D eigenvalue weighted by Crippen LogP contribution is 2.26. The van der Waals surface area contributed by atoms with Crippen molar-refractivity contribution < 1.29 is 9.47 Å². The summed E-state index contributed by atoms with van der Waals surface area (Å²) >= 11 is 0. The number of hydrogen-bond donors (Lipinski definition) is 0. The fourth-order valence-corrected chi connectivity index (χ4v) is 1.59. The average Bonchev–Trinajstić information content (AvgIpc) is 2.35. The van der Waals surface area contributed by atoms with Crippen LogP contribution in [-0.2, 0) is 21.5 Å². The molecule has 0 radical (unpaired) electrons. The Labute approximate surface area is 105 Å². The van der Waals surface area contributed by atoms with Gasteiger partial charge in [0.2, 0.25) is 0 Å². The number of ether oxygens (including phenoxy) is 2. The molecule has 0 saturated heterocycles. The second-order valence-corrected chi connectivity index (χ2v) is 4.98. The van der Waals surface area contributed by atoms with Crippen molar-refractivity contribution in [1.82, 2.24) is 0 Å². The third-order valence-electron chi connectivity index (χ3n) is 3.32. The van der Waals surface area contributed by atoms with Gasteiger partial charge in [-0.2, -0.15) is 0 Å². The van der Waals surface area contributed by atoms with E-state index in [9.17, 15) is 0 Å². The Morgan fingerprint density at radius 1 is 1.06 bits per heavy atom. The molecule has 0 aliphatic heterocycles. The minimum absolute atomic E-state index is 0.259. The first-order chi connectivity index (χ1) is 8.10. The Bertz CT molecular complexity index is 314. The Morgan fingerprint density at radius 2 is 1.71 bits per heavy atom. The van der Waals surface area contributed by atoms with Crippen LogP contribution in [0.15, 0.2) is 24.3 Å². The molecule has 0 bridgehead atoms. The topological polar surface area (TPSA) is 18.5 Å². The highest BCUT2D eigenvalue weighted by Gasteiger charge is 2.17. The first kappa shape index (κ1) is 14.2. The molecule has 1 rings (SSSR count). The van der Waals surface area contributed by atoms with Crippen LogP contribution in [0.2, 0.25) is 0 Å². The fraction of sp³-hybridized carbons (Fsp3) is 0.600. The Kier molecular flexibility index (Phi) is 5.66. The Balaban J connectivity index is 2.50. The van der Waals surface area contributed by atoms with Gasteiger partial charge in [-0.05, 0) is 23.0 Å². The lowest BCUT2D eigenvalue weighted by molar-refractivity contribution is 0.0616. The summed E-state index contributed by atoms with van der Waals surface area (Å²) in [6, 6.07) is 8.72. The van der Waals surface area contributed by atoms with E-state index in [4.69, 9.17) is 9.47 Å². The lowest BCUT2D eigenvalue weighted by atomic mass is 9.82. The molecule has 2 nitrogen and oxygen atoms in total. The molecule has 0 N–H and O–H groups in total. The summed E-state index contributed by atoms with van der Waals surface area (Å²) in [4.78, 5) is 0. The zero-order valence-electron chi connectivity index (χ0n) is 11.5. The Morgan fingerprint density at radius 3 is 2.24 bits per heavy atom. The first-order valence-corrected chi connectivity index (χ1v) is 6.26. The lowest BCUT2D eigenvalue weighted by Gasteiger charge is -2.23. The number of rotatable bonds is 7. The number of hydrogen-bond acceptors (Lipinski definition) is 2. The molecule has 0 saturated carbocycles. The maximum absolute atomic E-state index is 5.49. The van der Waals surface area contributed by atoms with Crippen LogP contribution in [-0.4, -0.2) is 20.3 Å². The molecule has 0 unspecified atom stereocenters. The third kappa shape index (κ3) is 4.49. The van der Waals surface area contributed by atoms with Gasteiger partial charge >= 0.3 is 0 Å². The monoisotopic (exact) mass is 236 g/mol. The minimum Gasteiger partial charge on any atom is -0.382 e. The maximum Gasteiger partial charge on any atom is 0.0718 e. The van der Waals surface area contributed by atoms with Gasteiger partial charge in [-0.25, -0.2) is 0 Å². The molecule has 0 amide bonds. The molecule has 0 atom stereocenters. The van der Waals surface area contributed by atoms with Crippen molar-refractivity contribution in [2.45, 2.75) is 39.2 Å². The molecule has 0 fully saturated rings. The third-order valence-corrected chi connectivity index (χ3v) is 3.32. The van der Waals surface area contributed by atoms with Crippen molar-refractivity contribution in [1.29, 1.82) is 0 Å². The summed E-state index contributed by atoms with van der Waals surface area (Å²) < 4.78 is 10.4. The van der Waals surface area contributed by atoms with Crippen LogP contribution >= 0.6 is 0 Å². The molecule has 0 aliphatic carbocycles. The normalized spacial score (nSPS) is 11.8. The highest BCUT2D eigenvalue weighted by atomic mass is 16.5. The van der Waals surface area contributed by atoms with Crippen molar-refractivity contribution in [2.24, 2.45) is 0 Å². The zero-order valence-corrected chi connectivity index (χ0v) is 11.5. The predicted molar refractivity (Wildman–Crippen MR) is 71.3 cm³/mol. The smallest absolute Gasteiger partial charge is 0.0718 e. The van der Waals surface area contributed by atoms with Crippen LogP contribution < -0.4 is 0 Å². The summed E-state index contributed by atoms with van der Waals surface area (Å²) in [5.74, 6) is 0. The molecule has 17 heavy (non-hydrogen) atoms. The van der Waals surface area contributed by atoms with Crippen molar-refractivity contribution in [2.75, 3.05) is 20.3 Å². The van der Waals surface area contributed by atoms with E-state index in [1.165, 1.54) is 11.1 Å². The highest BCUT2D eigenvalue weighted by molar-refractivity contribution is 5.27. The van der Waals surface area contributed by atoms with Gasteiger partial charge in [-0.1, -0.05) is 45.0 Å². The second kappa shape index (κ2) is 6.77. The Hall–Kier alpha value is -0.860. The van der Waals surface area contributed by atoms with Crippen LogP contribution in [0.1, 0.15) is 38.3 Å². The van der Waals surface area contributed by atoms with E-state index < -0.39 is 0 Å². The van der Waals surface area contributed by atoms with Gasteiger partial charge in [-0.15, -0.1) is 0 Å². The standard InChI is InChI=1S/C15H24O2/c1-5-15(2,3)14-8-6-13(7-9-14)12-17-11-10-16-4/h6-9H,5,10-12H2,1-4H3. The number of benzene rings is 1. The van der Waals surface area contributed by atoms with Crippen molar-refractivity contribution >= 4 is 0 Å². The molecular weight excluding hydrogens is 212 g/mol. The zero-order chi connectivity index (χ0) is 12.7. The summed E-state index contributed by atoms with van der Waals surface area (Å²) in [6.07, 6.45) is 1.15. The molecule has 0 heterocycles. The van der Waals surface area contributed by atoms with E-state index in [1.54, 1.807) is 7.11 Å². The second-order valence-electron chi connectivity index (χ2n) is 4.98. The maximum atomic E-state index is 5.49. The van der Waals surface area contributed by atoms with Gasteiger partial charge in [0, 0.05) is 7.11 Å². The molecular formula is C15H24O2. The van der Waals surface area contributed by atoms with Crippen LogP contribution in [0.5, 0.6) is 0 Å². The summed E-state index contributed by atoms with van der Waals surface area (Å²) in [7, 11) is 1.69. The fourth-order valence-electron chi connectivity index (χ4n) is 1.59. The quantitative estimate of drug-likeness (QED) is 0.674. The van der Waals surface area contributed by atoms with Gasteiger partial charge < -0.3 is 9.47 Å². The van der Waals surface area contributed by atoms with Gasteiger partial charge in [0.25, 0.3) is 0 Å². The van der Waals surface area contributed by atoms with E-state index in [1.807, 2.05) is 0 Å². The molecule has 96 valence electrons. The van der Waals surface area contributed by atoms with Gasteiger partial charge in [-0.3, -0.25) is 0 Å². The molecule has 0 aromatic heterocycles. The summed E-state index contributed by atoms with van der Waals surface area (Å²) in [6.45, 7) is 8.74. The van der Waals surface area contributed by atoms with Gasteiger partial charge in [0.15, 0.2) is 0 Å². The molecule has 0 aliphatic rings. The lowest BCUT2D eigenvalue weighted by Crippen LogP contribution is -2.15. The van der Waals surface area contributed by atoms with Gasteiger partial charge in [0.1, 0.15) is 0 Å². The van der Waals surface area contributed by atoms with Crippen LogP contribution in [0.4, 0.5) is 0 Å². The SMILES string of the molecule is CCC(C)(C)c1ccc(COCCOC)cc1. The van der Waals surface area contributed by atoms with Crippen LogP contribution in [0.3, 0.4) is 0 Å². The van der Waals surface area contributed by atoms with E-state index >= 15 is 0 Å². The van der Waals surface area contributed by atoms with E-state index in [0.717, 1.165) is 6.42 Å². The van der Waals surface area contributed by atoms with E-state index in [0.29, 0.717) is 19.8 Å². The summed E-state index contributed by atoms with van der Waals surface area (Å²) in [5, 5.41) is 0. The largest absolute Gasteiger partial charge is 0.382 e. The molecule has 1 aromatic carbocycles. The van der Waals surface area contributed by atoms with Crippen LogP contribution in [0.25, 0.3) is 0 Å². The van der Waals surface area contributed by atoms with Crippen LogP contribution in [0, 0.1) is 0 Å².